The van der Waals surface area contributed by atoms with Gasteiger partial charge in [0.1, 0.15) is 5.78 Å². The van der Waals surface area contributed by atoms with Gasteiger partial charge in [-0.3, -0.25) is 4.79 Å². The van der Waals surface area contributed by atoms with E-state index in [2.05, 4.69) is 6.58 Å². The Hall–Kier alpha value is -1.16. The van der Waals surface area contributed by atoms with Crippen LogP contribution in [0.1, 0.15) is 26.2 Å². The van der Waals surface area contributed by atoms with E-state index in [4.69, 9.17) is 9.47 Å². The molecule has 0 atom stereocenters. The predicted octanol–water partition coefficient (Wildman–Crippen LogP) is 1.49. The van der Waals surface area contributed by atoms with E-state index in [1.54, 1.807) is 0 Å². The van der Waals surface area contributed by atoms with E-state index in [1.807, 2.05) is 0 Å². The number of esters is 1. The maximum absolute atomic E-state index is 10.6. The van der Waals surface area contributed by atoms with Gasteiger partial charge >= 0.3 is 5.97 Å². The van der Waals surface area contributed by atoms with Gasteiger partial charge in [-0.25, -0.2) is 4.79 Å². The van der Waals surface area contributed by atoms with E-state index in [-0.39, 0.29) is 5.78 Å². The van der Waals surface area contributed by atoms with E-state index in [0.29, 0.717) is 26.2 Å². The van der Waals surface area contributed by atoms with Crippen LogP contribution in [-0.4, -0.2) is 31.6 Å². The lowest BCUT2D eigenvalue weighted by Crippen LogP contribution is -2.05. The highest BCUT2D eigenvalue weighted by Crippen LogP contribution is 1.93. The van der Waals surface area contributed by atoms with Gasteiger partial charge in [0.25, 0.3) is 0 Å². The van der Waals surface area contributed by atoms with E-state index in [1.165, 1.54) is 6.92 Å². The number of carbonyl (C=O) groups excluding carboxylic acids is 2. The normalized spacial score (nSPS) is 9.67. The summed E-state index contributed by atoms with van der Waals surface area (Å²) in [6, 6.07) is 0. The molecule has 0 aromatic heterocycles. The lowest BCUT2D eigenvalue weighted by Gasteiger charge is -2.03. The molecule has 0 N–H and O–H groups in total. The van der Waals surface area contributed by atoms with E-state index >= 15 is 0 Å². The Morgan fingerprint density at radius 3 is 2.47 bits per heavy atom. The maximum Gasteiger partial charge on any atom is 0.330 e. The first kappa shape index (κ1) is 13.8. The monoisotopic (exact) mass is 214 g/mol. The van der Waals surface area contributed by atoms with Crippen LogP contribution >= 0.6 is 0 Å². The molecule has 0 aromatic carbocycles. The van der Waals surface area contributed by atoms with Crippen molar-refractivity contribution < 1.29 is 19.1 Å². The highest BCUT2D eigenvalue weighted by atomic mass is 16.5. The number of Topliss-reactive ketones (excluding diaryl/α,β-unsaturated/α-hetero) is 1. The molecule has 0 aliphatic rings. The van der Waals surface area contributed by atoms with Gasteiger partial charge in [-0.05, 0) is 19.8 Å². The van der Waals surface area contributed by atoms with Crippen LogP contribution in [0.15, 0.2) is 12.7 Å². The average Bonchev–Trinajstić information content (AvgIpc) is 2.21. The molecule has 15 heavy (non-hydrogen) atoms. The zero-order chi connectivity index (χ0) is 11.5. The molecule has 4 nitrogen and oxygen atoms in total. The minimum absolute atomic E-state index is 0.134. The van der Waals surface area contributed by atoms with Crippen molar-refractivity contribution in [2.75, 3.05) is 19.8 Å². The van der Waals surface area contributed by atoms with Crippen molar-refractivity contribution >= 4 is 11.8 Å². The van der Waals surface area contributed by atoms with Crippen molar-refractivity contribution in [3.05, 3.63) is 12.7 Å². The molecule has 0 saturated heterocycles. The minimum atomic E-state index is -0.396. The topological polar surface area (TPSA) is 52.6 Å². The molecular formula is C11H18O4. The van der Waals surface area contributed by atoms with Crippen molar-refractivity contribution in [2.45, 2.75) is 26.2 Å². The van der Waals surface area contributed by atoms with Crippen LogP contribution in [0.4, 0.5) is 0 Å². The molecule has 0 radical (unpaired) electrons. The van der Waals surface area contributed by atoms with E-state index in [9.17, 15) is 9.59 Å². The first-order chi connectivity index (χ1) is 7.16. The molecule has 0 amide bonds. The number of ether oxygens (including phenoxy) is 2. The number of carbonyl (C=O) groups is 2. The summed E-state index contributed by atoms with van der Waals surface area (Å²) in [4.78, 5) is 21.2. The quantitative estimate of drug-likeness (QED) is 0.331. The summed E-state index contributed by atoms with van der Waals surface area (Å²) in [6.45, 7) is 6.29. The Bertz CT molecular complexity index is 211. The maximum atomic E-state index is 10.6. The van der Waals surface area contributed by atoms with Crippen LogP contribution < -0.4 is 0 Å². The fourth-order valence-corrected chi connectivity index (χ4v) is 0.856. The summed E-state index contributed by atoms with van der Waals surface area (Å²) in [5.74, 6) is -0.262. The van der Waals surface area contributed by atoms with Crippen molar-refractivity contribution in [2.24, 2.45) is 0 Å². The van der Waals surface area contributed by atoms with Gasteiger partial charge in [-0.15, -0.1) is 0 Å². The van der Waals surface area contributed by atoms with Crippen LogP contribution in [0.5, 0.6) is 0 Å². The Morgan fingerprint density at radius 1 is 1.20 bits per heavy atom. The molecule has 0 aromatic rings. The summed E-state index contributed by atoms with van der Waals surface area (Å²) in [7, 11) is 0. The minimum Gasteiger partial charge on any atom is -0.463 e. The van der Waals surface area contributed by atoms with Crippen molar-refractivity contribution in [3.8, 4) is 0 Å². The van der Waals surface area contributed by atoms with Gasteiger partial charge in [0.2, 0.25) is 0 Å². The second kappa shape index (κ2) is 9.40. The predicted molar refractivity (Wildman–Crippen MR) is 56.5 cm³/mol. The van der Waals surface area contributed by atoms with Crippen molar-refractivity contribution in [1.29, 1.82) is 0 Å². The highest BCUT2D eigenvalue weighted by Gasteiger charge is 1.96. The molecule has 0 rings (SSSR count). The first-order valence-corrected chi connectivity index (χ1v) is 5.03. The fourth-order valence-electron chi connectivity index (χ4n) is 0.856. The summed E-state index contributed by atoms with van der Waals surface area (Å²) in [6.07, 6.45) is 3.19. The van der Waals surface area contributed by atoms with Crippen LogP contribution in [0.3, 0.4) is 0 Å². The Balaban J connectivity index is 3.08. The van der Waals surface area contributed by atoms with Gasteiger partial charge in [0, 0.05) is 19.1 Å². The number of ketones is 1. The summed E-state index contributed by atoms with van der Waals surface area (Å²) < 4.78 is 9.97. The third-order valence-electron chi connectivity index (χ3n) is 1.69. The average molecular weight is 214 g/mol. The molecule has 0 unspecified atom stereocenters. The molecule has 86 valence electrons. The van der Waals surface area contributed by atoms with Crippen molar-refractivity contribution in [1.82, 2.24) is 0 Å². The molecule has 0 fully saturated rings. The van der Waals surface area contributed by atoms with Crippen molar-refractivity contribution in [3.63, 3.8) is 0 Å². The standard InChI is InChI=1S/C11H18O4/c1-3-11(13)15-8-5-4-7-14-9-6-10(2)12/h3H,1,4-9H2,2H3. The van der Waals surface area contributed by atoms with Gasteiger partial charge < -0.3 is 9.47 Å². The largest absolute Gasteiger partial charge is 0.463 e. The molecule has 0 aliphatic heterocycles. The fraction of sp³-hybridized carbons (Fsp3) is 0.636. The lowest BCUT2D eigenvalue weighted by atomic mass is 10.3. The Labute approximate surface area is 90.2 Å². The summed E-state index contributed by atoms with van der Waals surface area (Å²) in [5.41, 5.74) is 0. The second-order valence-electron chi connectivity index (χ2n) is 3.14. The smallest absolute Gasteiger partial charge is 0.330 e. The lowest BCUT2D eigenvalue weighted by molar-refractivity contribution is -0.138. The number of unbranched alkanes of at least 4 members (excludes halogenated alkanes) is 1. The zero-order valence-corrected chi connectivity index (χ0v) is 9.16. The van der Waals surface area contributed by atoms with Gasteiger partial charge in [0.15, 0.2) is 0 Å². The first-order valence-electron chi connectivity index (χ1n) is 5.03. The van der Waals surface area contributed by atoms with Gasteiger partial charge in [-0.1, -0.05) is 6.58 Å². The number of hydrogen-bond acceptors (Lipinski definition) is 4. The third-order valence-corrected chi connectivity index (χ3v) is 1.69. The van der Waals surface area contributed by atoms with Crippen LogP contribution in [-0.2, 0) is 19.1 Å². The second-order valence-corrected chi connectivity index (χ2v) is 3.14. The molecule has 0 saturated carbocycles. The Morgan fingerprint density at radius 2 is 1.87 bits per heavy atom. The number of hydrogen-bond donors (Lipinski definition) is 0. The molecule has 0 spiro atoms. The van der Waals surface area contributed by atoms with E-state index in [0.717, 1.165) is 18.9 Å². The Kier molecular flexibility index (Phi) is 8.67. The van der Waals surface area contributed by atoms with Crippen LogP contribution in [0, 0.1) is 0 Å². The van der Waals surface area contributed by atoms with Crippen LogP contribution in [0.2, 0.25) is 0 Å². The summed E-state index contributed by atoms with van der Waals surface area (Å²) in [5, 5.41) is 0. The zero-order valence-electron chi connectivity index (χ0n) is 9.16. The van der Waals surface area contributed by atoms with E-state index < -0.39 is 5.97 Å². The highest BCUT2D eigenvalue weighted by molar-refractivity contribution is 5.81. The third kappa shape index (κ3) is 10.8. The van der Waals surface area contributed by atoms with Crippen LogP contribution in [0.25, 0.3) is 0 Å². The van der Waals surface area contributed by atoms with Gasteiger partial charge in [0.05, 0.1) is 13.2 Å². The molecule has 0 heterocycles. The van der Waals surface area contributed by atoms with Gasteiger partial charge in [-0.2, -0.15) is 0 Å². The number of rotatable bonds is 9. The molecular weight excluding hydrogens is 196 g/mol. The molecule has 0 bridgehead atoms. The summed E-state index contributed by atoms with van der Waals surface area (Å²) >= 11 is 0. The molecule has 4 heteroatoms. The molecule has 0 aliphatic carbocycles. The SMILES string of the molecule is C=CC(=O)OCCCCOCCC(C)=O.